The van der Waals surface area contributed by atoms with Crippen molar-refractivity contribution in [2.45, 2.75) is 42.0 Å². The summed E-state index contributed by atoms with van der Waals surface area (Å²) in [6, 6.07) is 1.99. The highest BCUT2D eigenvalue weighted by molar-refractivity contribution is 6.31. The molecule has 0 aliphatic heterocycles. The number of hydrogen-bond donors (Lipinski definition) is 2. The van der Waals surface area contributed by atoms with Crippen LogP contribution in [0, 0.1) is 11.3 Å². The van der Waals surface area contributed by atoms with Crippen LogP contribution >= 0.6 is 11.6 Å². The van der Waals surface area contributed by atoms with Crippen molar-refractivity contribution in [3.8, 4) is 6.07 Å². The predicted molar refractivity (Wildman–Crippen MR) is 192 cm³/mol. The van der Waals surface area contributed by atoms with Crippen molar-refractivity contribution in [2.24, 2.45) is 5.73 Å². The Balaban J connectivity index is -0.0000000959. The van der Waals surface area contributed by atoms with Gasteiger partial charge in [-0.15, -0.1) is 0 Å². The summed E-state index contributed by atoms with van der Waals surface area (Å²) in [5.74, 6) is -0.111. The number of halogens is 2. The zero-order valence-electron chi connectivity index (χ0n) is 25.6. The van der Waals surface area contributed by atoms with E-state index in [9.17, 15) is 4.39 Å². The molecule has 0 saturated carbocycles. The molecule has 0 radical (unpaired) electrons. The van der Waals surface area contributed by atoms with Crippen molar-refractivity contribution < 1.29 is 9.50 Å². The molecular weight excluding hydrogens is 543 g/mol. The number of nitrogens with zero attached hydrogens (tertiary/aromatic N) is 1. The third-order valence-electron chi connectivity index (χ3n) is 3.71. The summed E-state index contributed by atoms with van der Waals surface area (Å²) >= 11 is 5.61. The fourth-order valence-corrected chi connectivity index (χ4v) is 1.50. The van der Waals surface area contributed by atoms with Crippen molar-refractivity contribution in [1.29, 1.82) is 5.26 Å². The first-order chi connectivity index (χ1) is 18.9. The molecule has 5 heteroatoms. The van der Waals surface area contributed by atoms with Crippen LogP contribution in [0.2, 0.25) is 0 Å². The van der Waals surface area contributed by atoms with E-state index in [1.165, 1.54) is 24.3 Å². The van der Waals surface area contributed by atoms with E-state index in [0.29, 0.717) is 27.4 Å². The minimum Gasteiger partial charge on any atom is -0.508 e. The lowest BCUT2D eigenvalue weighted by atomic mass is 10.1. The number of nitriles is 1. The van der Waals surface area contributed by atoms with Gasteiger partial charge in [0.05, 0.1) is 11.6 Å². The lowest BCUT2D eigenvalue weighted by molar-refractivity contribution is 0.424. The van der Waals surface area contributed by atoms with Crippen LogP contribution in [0.5, 0.6) is 0 Å². The minimum absolute atomic E-state index is 0. The van der Waals surface area contributed by atoms with Crippen LogP contribution in [0.1, 0.15) is 42.0 Å². The van der Waals surface area contributed by atoms with E-state index in [1.54, 1.807) is 57.2 Å². The van der Waals surface area contributed by atoms with E-state index in [1.807, 2.05) is 19.9 Å². The fraction of sp³-hybridized carbons (Fsp3) is 0.162. The van der Waals surface area contributed by atoms with Crippen LogP contribution in [-0.4, -0.2) is 5.11 Å². The second-order valence-electron chi connectivity index (χ2n) is 7.98. The summed E-state index contributed by atoms with van der Waals surface area (Å²) in [6.07, 6.45) is 15.6. The molecule has 0 unspecified atom stereocenters. The number of allylic oxidation sites excluding steroid dienone is 18. The van der Waals surface area contributed by atoms with Crippen molar-refractivity contribution >= 4 is 11.6 Å². The van der Waals surface area contributed by atoms with E-state index in [0.717, 1.165) is 16.7 Å². The molecule has 0 spiro atoms. The Hall–Kier alpha value is -4.59. The number of hydrogen-bond acceptors (Lipinski definition) is 3. The van der Waals surface area contributed by atoms with Crippen LogP contribution in [0.25, 0.3) is 0 Å². The first-order valence-electron chi connectivity index (χ1n) is 12.0. The van der Waals surface area contributed by atoms with E-state index < -0.39 is 0 Å². The van der Waals surface area contributed by atoms with Gasteiger partial charge >= 0.3 is 0 Å². The minimum atomic E-state index is -0.306. The Morgan fingerprint density at radius 2 is 1.07 bits per heavy atom. The molecule has 0 rings (SSSR count). The molecule has 0 saturated heterocycles. The molecule has 0 amide bonds. The fourth-order valence-electron chi connectivity index (χ4n) is 1.41. The SMILES string of the molecule is C.C=C/C=C(/C#N)C(=C)C.C=C/C=C(/Cl)C(=C)C.C=C/C=C(/F)C(=C)C.C=C/C=C(/N)C(=C)C.C=C/C=C(/O)C(=C)C. The van der Waals surface area contributed by atoms with Gasteiger partial charge in [0.1, 0.15) is 11.6 Å². The van der Waals surface area contributed by atoms with Gasteiger partial charge < -0.3 is 10.8 Å². The molecular formula is C37H52ClFN2O. The zero-order chi connectivity index (χ0) is 33.6. The van der Waals surface area contributed by atoms with Crippen LogP contribution in [0.4, 0.5) is 4.39 Å². The van der Waals surface area contributed by atoms with Crippen molar-refractivity contribution in [1.82, 2.24) is 0 Å². The van der Waals surface area contributed by atoms with Crippen molar-refractivity contribution in [2.75, 3.05) is 0 Å². The molecule has 0 atom stereocenters. The summed E-state index contributed by atoms with van der Waals surface area (Å²) in [5.41, 5.74) is 10.3. The third-order valence-corrected chi connectivity index (χ3v) is 4.16. The molecule has 0 aromatic rings. The number of aliphatic hydroxyl groups is 1. The summed E-state index contributed by atoms with van der Waals surface area (Å²) in [4.78, 5) is 0. The Morgan fingerprint density at radius 3 is 1.19 bits per heavy atom. The highest BCUT2D eigenvalue weighted by Crippen LogP contribution is 2.10. The van der Waals surface area contributed by atoms with E-state index in [2.05, 4.69) is 65.8 Å². The second-order valence-corrected chi connectivity index (χ2v) is 8.38. The number of rotatable bonds is 10. The highest BCUT2D eigenvalue weighted by atomic mass is 35.5. The molecule has 0 bridgehead atoms. The van der Waals surface area contributed by atoms with Gasteiger partial charge in [-0.2, -0.15) is 5.26 Å². The maximum atomic E-state index is 12.2. The van der Waals surface area contributed by atoms with E-state index in [-0.39, 0.29) is 19.0 Å². The van der Waals surface area contributed by atoms with Gasteiger partial charge in [-0.3, -0.25) is 0 Å². The molecule has 0 heterocycles. The Morgan fingerprint density at radius 1 is 0.667 bits per heavy atom. The first kappa shape index (κ1) is 50.3. The standard InChI is InChI=1S/C8H9N.C7H9Cl.C7H9F.C7H11N.C7H10O.CH4/c1-4-5-8(6-9)7(2)3;4*1-4-5-7(8)6(2)3;/h4-5H,1-2H2,3H3;2*4-5H,1-2H2,3H3;4-5H,1-2,8H2,3H3;4-5,8H,1-2H2,3H3;1H4/b8-5-;4*7-5+;. The van der Waals surface area contributed by atoms with Crippen LogP contribution < -0.4 is 5.73 Å². The third kappa shape index (κ3) is 39.9. The molecule has 0 aromatic heterocycles. The normalized spacial score (nSPS) is 10.5. The highest BCUT2D eigenvalue weighted by Gasteiger charge is 1.90. The van der Waals surface area contributed by atoms with Gasteiger partial charge in [0.2, 0.25) is 0 Å². The lowest BCUT2D eigenvalue weighted by Crippen LogP contribution is -1.95. The molecule has 3 nitrogen and oxygen atoms in total. The molecule has 42 heavy (non-hydrogen) atoms. The smallest absolute Gasteiger partial charge is 0.125 e. The quantitative estimate of drug-likeness (QED) is 0.150. The summed E-state index contributed by atoms with van der Waals surface area (Å²) < 4.78 is 12.2. The second kappa shape index (κ2) is 34.4. The van der Waals surface area contributed by atoms with Gasteiger partial charge in [0.25, 0.3) is 0 Å². The molecule has 230 valence electrons. The molecule has 0 aliphatic rings. The van der Waals surface area contributed by atoms with Crippen LogP contribution in [0.3, 0.4) is 0 Å². The predicted octanol–water partition coefficient (Wildman–Crippen LogP) is 12.1. The average Bonchev–Trinajstić information content (AvgIpc) is 2.89. The van der Waals surface area contributed by atoms with Gasteiger partial charge in [-0.25, -0.2) is 4.39 Å². The Labute approximate surface area is 262 Å². The molecule has 0 aromatic carbocycles. The topological polar surface area (TPSA) is 70.0 Å². The maximum absolute atomic E-state index is 12.2. The zero-order valence-corrected chi connectivity index (χ0v) is 26.3. The largest absolute Gasteiger partial charge is 0.508 e. The average molecular weight is 595 g/mol. The first-order valence-corrected chi connectivity index (χ1v) is 12.4. The van der Waals surface area contributed by atoms with Crippen LogP contribution in [-0.2, 0) is 0 Å². The summed E-state index contributed by atoms with van der Waals surface area (Å²) in [7, 11) is 0. The Kier molecular flexibility index (Phi) is 41.2. The lowest BCUT2D eigenvalue weighted by Gasteiger charge is -1.93. The summed E-state index contributed by atoms with van der Waals surface area (Å²) in [5, 5.41) is 17.9. The van der Waals surface area contributed by atoms with Gasteiger partial charge in [0.15, 0.2) is 0 Å². The van der Waals surface area contributed by atoms with Gasteiger partial charge in [0, 0.05) is 10.7 Å². The van der Waals surface area contributed by atoms with Crippen molar-refractivity contribution in [3.63, 3.8) is 0 Å². The maximum Gasteiger partial charge on any atom is 0.125 e. The van der Waals surface area contributed by atoms with E-state index in [4.69, 9.17) is 27.7 Å². The van der Waals surface area contributed by atoms with Gasteiger partial charge in [-0.05, 0) is 92.9 Å². The number of nitrogens with two attached hydrogens (primary N) is 1. The summed E-state index contributed by atoms with van der Waals surface area (Å²) in [6.45, 7) is 43.7. The monoisotopic (exact) mass is 594 g/mol. The molecule has 3 N–H and O–H groups in total. The molecule has 0 aliphatic carbocycles. The van der Waals surface area contributed by atoms with Gasteiger partial charge in [-0.1, -0.05) is 115 Å². The van der Waals surface area contributed by atoms with E-state index >= 15 is 0 Å². The van der Waals surface area contributed by atoms with Crippen LogP contribution in [0.15, 0.2) is 182 Å². The van der Waals surface area contributed by atoms with Crippen molar-refractivity contribution in [3.05, 3.63) is 182 Å². The molecule has 0 fully saturated rings. The number of aliphatic hydroxyl groups excluding tert-OH is 1. The Bertz CT molecular complexity index is 1010.